The van der Waals surface area contributed by atoms with Crippen LogP contribution in [0, 0.1) is 5.92 Å². The number of benzene rings is 2. The molecule has 0 saturated carbocycles. The highest BCUT2D eigenvalue weighted by Gasteiger charge is 2.66. The lowest BCUT2D eigenvalue weighted by molar-refractivity contribution is -0.146. The van der Waals surface area contributed by atoms with Gasteiger partial charge in [-0.05, 0) is 68.3 Å². The van der Waals surface area contributed by atoms with Gasteiger partial charge < -0.3 is 28.5 Å². The molecule has 12 heteroatoms. The van der Waals surface area contributed by atoms with Crippen LogP contribution in [0.15, 0.2) is 48.7 Å². The van der Waals surface area contributed by atoms with Crippen LogP contribution in [0.2, 0.25) is 18.6 Å². The minimum Gasteiger partial charge on any atom is -0.497 e. The van der Waals surface area contributed by atoms with Gasteiger partial charge >= 0.3 is 0 Å². The average Bonchev–Trinajstić information content (AvgIpc) is 3.68. The number of hydrogen-bond acceptors (Lipinski definition) is 7. The smallest absolute Gasteiger partial charge is 0.264 e. The summed E-state index contributed by atoms with van der Waals surface area (Å²) in [6.45, 7) is 6.80. The number of ether oxygens (including phenoxy) is 2. The van der Waals surface area contributed by atoms with Crippen molar-refractivity contribution in [2.45, 2.75) is 95.3 Å². The molecule has 0 aliphatic carbocycles. The van der Waals surface area contributed by atoms with E-state index in [1.165, 1.54) is 0 Å². The minimum absolute atomic E-state index is 0.0159. The summed E-state index contributed by atoms with van der Waals surface area (Å²) in [5, 5.41) is 17.5. The molecule has 3 aliphatic rings. The first-order chi connectivity index (χ1) is 22.6. The van der Waals surface area contributed by atoms with E-state index in [0.29, 0.717) is 55.9 Å². The van der Waals surface area contributed by atoms with E-state index in [-0.39, 0.29) is 18.4 Å². The molecule has 1 aromatic heterocycles. The van der Waals surface area contributed by atoms with Crippen LogP contribution in [0.5, 0.6) is 5.75 Å². The molecule has 252 valence electrons. The van der Waals surface area contributed by atoms with Crippen molar-refractivity contribution in [1.29, 1.82) is 0 Å². The normalized spacial score (nSPS) is 24.9. The highest BCUT2D eigenvalue weighted by atomic mass is 28.4. The number of carbonyl (C=O) groups is 2. The Labute approximate surface area is 277 Å². The third kappa shape index (κ3) is 6.34. The predicted molar refractivity (Wildman–Crippen MR) is 180 cm³/mol. The zero-order chi connectivity index (χ0) is 33.3. The SMILES string of the molecule is COc1ccc2c(c1)[C@]1(O[C@@H](CCn3cc(CCO)nn3)[C@H]([Si](C)(C)F)[C@H]1C)C(=O)N2Cc1ccc(N2CCCCCCC2=O)cc1. The van der Waals surface area contributed by atoms with E-state index in [0.717, 1.165) is 42.6 Å². The number of anilines is 2. The molecule has 4 heterocycles. The molecule has 2 aromatic carbocycles. The van der Waals surface area contributed by atoms with Crippen molar-refractivity contribution in [3.05, 3.63) is 65.5 Å². The minimum atomic E-state index is -3.33. The number of hydrogen-bond donors (Lipinski definition) is 1. The number of nitrogens with zero attached hydrogens (tertiary/aromatic N) is 5. The Morgan fingerprint density at radius 1 is 1.11 bits per heavy atom. The maximum Gasteiger partial charge on any atom is 0.264 e. The van der Waals surface area contributed by atoms with Crippen LogP contribution in [-0.4, -0.2) is 66.7 Å². The zero-order valence-electron chi connectivity index (χ0n) is 27.8. The van der Waals surface area contributed by atoms with Gasteiger partial charge in [0.2, 0.25) is 14.3 Å². The van der Waals surface area contributed by atoms with E-state index in [9.17, 15) is 14.7 Å². The van der Waals surface area contributed by atoms with Gasteiger partial charge in [-0.1, -0.05) is 37.1 Å². The highest BCUT2D eigenvalue weighted by molar-refractivity contribution is 6.72. The van der Waals surface area contributed by atoms with Crippen molar-refractivity contribution in [3.63, 3.8) is 0 Å². The number of methoxy groups -OCH3 is 1. The average molecular weight is 664 g/mol. The van der Waals surface area contributed by atoms with E-state index in [4.69, 9.17) is 9.47 Å². The lowest BCUT2D eigenvalue weighted by Gasteiger charge is -2.31. The van der Waals surface area contributed by atoms with Crippen LogP contribution >= 0.6 is 0 Å². The van der Waals surface area contributed by atoms with Crippen LogP contribution in [-0.2, 0) is 39.4 Å². The molecular formula is C35H46FN5O5Si. The number of aryl methyl sites for hydroxylation is 1. The number of amides is 2. The molecule has 1 N–H and O–H groups in total. The van der Waals surface area contributed by atoms with E-state index < -0.39 is 31.6 Å². The third-order valence-corrected chi connectivity index (χ3v) is 12.6. The fraction of sp³-hybridized carbons (Fsp3) is 0.543. The first-order valence-electron chi connectivity index (χ1n) is 16.8. The van der Waals surface area contributed by atoms with Gasteiger partial charge in [-0.3, -0.25) is 14.3 Å². The highest BCUT2D eigenvalue weighted by Crippen LogP contribution is 2.60. The van der Waals surface area contributed by atoms with E-state index in [1.807, 2.05) is 54.3 Å². The molecular weight excluding hydrogens is 617 g/mol. The van der Waals surface area contributed by atoms with Gasteiger partial charge in [0.05, 0.1) is 31.1 Å². The summed E-state index contributed by atoms with van der Waals surface area (Å²) in [4.78, 5) is 31.2. The summed E-state index contributed by atoms with van der Waals surface area (Å²) in [6.07, 6.45) is 6.84. The summed E-state index contributed by atoms with van der Waals surface area (Å²) in [5.74, 6) is 0.130. The summed E-state index contributed by atoms with van der Waals surface area (Å²) in [7, 11) is -1.74. The van der Waals surface area contributed by atoms with Gasteiger partial charge in [-0.2, -0.15) is 0 Å². The molecule has 1 spiro atoms. The topological polar surface area (TPSA) is 110 Å². The monoisotopic (exact) mass is 663 g/mol. The maximum absolute atomic E-state index is 16.2. The third-order valence-electron chi connectivity index (χ3n) is 10.2. The lowest BCUT2D eigenvalue weighted by Crippen LogP contribution is -2.45. The number of aliphatic hydroxyl groups is 1. The van der Waals surface area contributed by atoms with Crippen LogP contribution in [0.1, 0.15) is 62.3 Å². The number of rotatable bonds is 10. The van der Waals surface area contributed by atoms with Gasteiger partial charge in [0, 0.05) is 61.4 Å². The van der Waals surface area contributed by atoms with Crippen molar-refractivity contribution in [3.8, 4) is 5.75 Å². The van der Waals surface area contributed by atoms with E-state index >= 15 is 4.11 Å². The number of halogens is 1. The Hall–Kier alpha value is -3.61. The Kier molecular flexibility index (Phi) is 9.55. The van der Waals surface area contributed by atoms with Gasteiger partial charge in [0.15, 0.2) is 5.60 Å². The Morgan fingerprint density at radius 2 is 1.87 bits per heavy atom. The second kappa shape index (κ2) is 13.5. The van der Waals surface area contributed by atoms with Gasteiger partial charge in [0.25, 0.3) is 5.91 Å². The number of aliphatic hydroxyl groups excluding tert-OH is 1. The van der Waals surface area contributed by atoms with Crippen LogP contribution in [0.4, 0.5) is 15.5 Å². The summed E-state index contributed by atoms with van der Waals surface area (Å²) < 4.78 is 30.4. The largest absolute Gasteiger partial charge is 0.497 e. The summed E-state index contributed by atoms with van der Waals surface area (Å²) in [5.41, 5.74) is 2.11. The van der Waals surface area contributed by atoms with Gasteiger partial charge in [-0.15, -0.1) is 5.10 Å². The molecule has 0 radical (unpaired) electrons. The van der Waals surface area contributed by atoms with Crippen molar-refractivity contribution in [2.75, 3.05) is 30.1 Å². The van der Waals surface area contributed by atoms with E-state index in [1.54, 1.807) is 36.0 Å². The fourth-order valence-electron chi connectivity index (χ4n) is 7.91. The number of aromatic nitrogens is 3. The molecule has 0 unspecified atom stereocenters. The quantitative estimate of drug-likeness (QED) is 0.224. The van der Waals surface area contributed by atoms with Crippen molar-refractivity contribution >= 4 is 31.6 Å². The second-order valence-electron chi connectivity index (χ2n) is 13.7. The molecule has 10 nitrogen and oxygen atoms in total. The summed E-state index contributed by atoms with van der Waals surface area (Å²) >= 11 is 0. The Morgan fingerprint density at radius 3 is 2.60 bits per heavy atom. The van der Waals surface area contributed by atoms with Crippen LogP contribution in [0.3, 0.4) is 0 Å². The molecule has 4 atom stereocenters. The van der Waals surface area contributed by atoms with Crippen molar-refractivity contribution in [2.24, 2.45) is 5.92 Å². The second-order valence-corrected chi connectivity index (χ2v) is 17.5. The standard InChI is InChI=1S/C35H46FN5O5Si/c1-24-33(47(3,4)36)31(16-19-39-23-26(17-20-42)37-38-39)46-35(24)29-21-28(45-2)14-15-30(29)41(34(35)44)22-25-10-12-27(13-11-25)40-18-8-6-5-7-9-32(40)43/h10-15,21,23-24,31,33,42H,5-9,16-20,22H2,1-4H3/t24-,31+,33-,35+/m1/s1. The first kappa shape index (κ1) is 33.3. The molecule has 3 aromatic rings. The molecule has 6 rings (SSSR count). The Bertz CT molecular complexity index is 1590. The molecule has 2 fully saturated rings. The molecule has 0 bridgehead atoms. The molecule has 2 saturated heterocycles. The van der Waals surface area contributed by atoms with E-state index in [2.05, 4.69) is 10.3 Å². The molecule has 2 amide bonds. The van der Waals surface area contributed by atoms with Crippen LogP contribution < -0.4 is 14.5 Å². The number of fused-ring (bicyclic) bond motifs is 2. The van der Waals surface area contributed by atoms with Crippen molar-refractivity contribution in [1.82, 2.24) is 15.0 Å². The number of carbonyl (C=O) groups excluding carboxylic acids is 2. The molecule has 3 aliphatic heterocycles. The predicted octanol–water partition coefficient (Wildman–Crippen LogP) is 5.53. The lowest BCUT2D eigenvalue weighted by atomic mass is 9.82. The van der Waals surface area contributed by atoms with Crippen molar-refractivity contribution < 1.29 is 28.3 Å². The first-order valence-corrected chi connectivity index (χ1v) is 19.8. The van der Waals surface area contributed by atoms with Gasteiger partial charge in [0.1, 0.15) is 5.75 Å². The van der Waals surface area contributed by atoms with Crippen LogP contribution in [0.25, 0.3) is 0 Å². The Balaban J connectivity index is 1.29. The summed E-state index contributed by atoms with van der Waals surface area (Å²) in [6, 6.07) is 13.5. The fourth-order valence-corrected chi connectivity index (χ4v) is 10.5. The molecule has 47 heavy (non-hydrogen) atoms. The van der Waals surface area contributed by atoms with Gasteiger partial charge in [-0.25, -0.2) is 0 Å². The zero-order valence-corrected chi connectivity index (χ0v) is 28.8. The maximum atomic E-state index is 16.2.